The van der Waals surface area contributed by atoms with Gasteiger partial charge in [0.2, 0.25) is 0 Å². The van der Waals surface area contributed by atoms with E-state index < -0.39 is 0 Å². The van der Waals surface area contributed by atoms with Crippen LogP contribution in [0.15, 0.2) is 46.9 Å². The van der Waals surface area contributed by atoms with Crippen molar-refractivity contribution in [2.24, 2.45) is 5.92 Å². The van der Waals surface area contributed by atoms with Gasteiger partial charge in [0.25, 0.3) is 0 Å². The Balaban J connectivity index is 2.90. The maximum atomic E-state index is 10.8. The van der Waals surface area contributed by atoms with E-state index in [4.69, 9.17) is 0 Å². The van der Waals surface area contributed by atoms with Gasteiger partial charge in [-0.1, -0.05) is 31.2 Å². The molecule has 1 aliphatic rings. The number of allylic oxidation sites excluding steroid dienone is 7. The zero-order valence-electron chi connectivity index (χ0n) is 8.40. The third kappa shape index (κ3) is 3.38. The monoisotopic (exact) mass is 206 g/mol. The van der Waals surface area contributed by atoms with Crippen molar-refractivity contribution in [3.05, 3.63) is 46.9 Å². The van der Waals surface area contributed by atoms with Crippen LogP contribution in [0.4, 0.5) is 0 Å². The largest absolute Gasteiger partial charge is 0.295 e. The first-order chi connectivity index (χ1) is 6.59. The topological polar surface area (TPSA) is 17.1 Å². The summed E-state index contributed by atoms with van der Waals surface area (Å²) >= 11 is 4.35. The molecule has 0 aromatic carbocycles. The third-order valence-electron chi connectivity index (χ3n) is 1.90. The number of carbonyl (C=O) groups is 1. The highest BCUT2D eigenvalue weighted by Crippen LogP contribution is 2.21. The Morgan fingerprint density at radius 3 is 2.93 bits per heavy atom. The summed E-state index contributed by atoms with van der Waals surface area (Å²) in [5, 5.41) is 0. The Kier molecular flexibility index (Phi) is 3.96. The van der Waals surface area contributed by atoms with Crippen molar-refractivity contribution in [1.82, 2.24) is 0 Å². The second-order valence-corrected chi connectivity index (χ2v) is 3.84. The Hall–Kier alpha value is -1.02. The van der Waals surface area contributed by atoms with Crippen molar-refractivity contribution >= 4 is 18.4 Å². The van der Waals surface area contributed by atoms with Crippen molar-refractivity contribution < 1.29 is 4.79 Å². The summed E-state index contributed by atoms with van der Waals surface area (Å²) in [5.41, 5.74) is 1.00. The van der Waals surface area contributed by atoms with E-state index in [0.29, 0.717) is 5.92 Å². The molecular weight excluding hydrogens is 192 g/mol. The fraction of sp³-hybridized carbons (Fsp3) is 0.250. The predicted octanol–water partition coefficient (Wildman–Crippen LogP) is 3.08. The van der Waals surface area contributed by atoms with Crippen molar-refractivity contribution in [3.8, 4) is 0 Å². The minimum absolute atomic E-state index is 0.0527. The number of carbonyl (C=O) groups excluding carboxylic acids is 1. The van der Waals surface area contributed by atoms with E-state index in [1.807, 2.05) is 18.2 Å². The standard InChI is InChI=1S/C12H14OS/c1-9-4-3-5-12(14)11(8-9)7-6-10(2)13/h3-9,14H,1-2H3/b7-6+. The molecule has 74 valence electrons. The van der Waals surface area contributed by atoms with Crippen LogP contribution in [0, 0.1) is 5.92 Å². The minimum Gasteiger partial charge on any atom is -0.295 e. The molecule has 1 atom stereocenters. The van der Waals surface area contributed by atoms with Gasteiger partial charge in [-0.25, -0.2) is 0 Å². The molecule has 0 amide bonds. The average Bonchev–Trinajstić information content (AvgIpc) is 2.25. The van der Waals surface area contributed by atoms with E-state index in [1.165, 1.54) is 6.92 Å². The van der Waals surface area contributed by atoms with Gasteiger partial charge in [0.15, 0.2) is 5.78 Å². The van der Waals surface area contributed by atoms with E-state index >= 15 is 0 Å². The average molecular weight is 206 g/mol. The second kappa shape index (κ2) is 5.01. The first kappa shape index (κ1) is 11.1. The van der Waals surface area contributed by atoms with Crippen LogP contribution in [-0.2, 0) is 4.79 Å². The lowest BCUT2D eigenvalue weighted by molar-refractivity contribution is -0.112. The van der Waals surface area contributed by atoms with Gasteiger partial charge in [-0.2, -0.15) is 0 Å². The predicted molar refractivity (Wildman–Crippen MR) is 63.3 cm³/mol. The van der Waals surface area contributed by atoms with Crippen LogP contribution in [0.1, 0.15) is 13.8 Å². The van der Waals surface area contributed by atoms with Crippen LogP contribution < -0.4 is 0 Å². The van der Waals surface area contributed by atoms with Crippen LogP contribution in [-0.4, -0.2) is 5.78 Å². The van der Waals surface area contributed by atoms with Gasteiger partial charge in [-0.15, -0.1) is 12.6 Å². The van der Waals surface area contributed by atoms with Gasteiger partial charge in [0, 0.05) is 4.91 Å². The van der Waals surface area contributed by atoms with E-state index in [9.17, 15) is 4.79 Å². The van der Waals surface area contributed by atoms with Crippen molar-refractivity contribution in [3.63, 3.8) is 0 Å². The van der Waals surface area contributed by atoms with Crippen molar-refractivity contribution in [2.75, 3.05) is 0 Å². The normalized spacial score (nSPS) is 21.8. The molecule has 0 aliphatic heterocycles. The maximum absolute atomic E-state index is 10.8. The molecule has 0 bridgehead atoms. The molecule has 14 heavy (non-hydrogen) atoms. The lowest BCUT2D eigenvalue weighted by atomic mass is 10.1. The molecule has 1 nitrogen and oxygen atoms in total. The number of hydrogen-bond acceptors (Lipinski definition) is 2. The Bertz CT molecular complexity index is 345. The zero-order valence-corrected chi connectivity index (χ0v) is 9.29. The molecule has 1 unspecified atom stereocenters. The number of hydrogen-bond donors (Lipinski definition) is 1. The molecule has 0 heterocycles. The van der Waals surface area contributed by atoms with Gasteiger partial charge < -0.3 is 0 Å². The van der Waals surface area contributed by atoms with E-state index in [-0.39, 0.29) is 5.78 Å². The van der Waals surface area contributed by atoms with Crippen LogP contribution >= 0.6 is 12.6 Å². The first-order valence-corrected chi connectivity index (χ1v) is 5.02. The Morgan fingerprint density at radius 1 is 1.57 bits per heavy atom. The van der Waals surface area contributed by atoms with E-state index in [1.54, 1.807) is 6.08 Å². The molecule has 0 saturated carbocycles. The number of rotatable bonds is 2. The first-order valence-electron chi connectivity index (χ1n) is 4.58. The van der Waals surface area contributed by atoms with Gasteiger partial charge in [0.05, 0.1) is 0 Å². The van der Waals surface area contributed by atoms with Crippen molar-refractivity contribution in [2.45, 2.75) is 13.8 Å². The summed E-state index contributed by atoms with van der Waals surface area (Å²) in [5.74, 6) is 0.430. The smallest absolute Gasteiger partial charge is 0.152 e. The van der Waals surface area contributed by atoms with Crippen molar-refractivity contribution in [1.29, 1.82) is 0 Å². The van der Waals surface area contributed by atoms with Gasteiger partial charge in [0.1, 0.15) is 0 Å². The fourth-order valence-electron chi connectivity index (χ4n) is 1.19. The highest BCUT2D eigenvalue weighted by molar-refractivity contribution is 7.84. The SMILES string of the molecule is CC(=O)/C=C/C1=CC(C)C=CC=C1S. The summed E-state index contributed by atoms with van der Waals surface area (Å²) in [6.07, 6.45) is 11.5. The summed E-state index contributed by atoms with van der Waals surface area (Å²) < 4.78 is 0. The molecule has 1 aliphatic carbocycles. The molecule has 2 heteroatoms. The third-order valence-corrected chi connectivity index (χ3v) is 2.31. The molecule has 0 aromatic heterocycles. The highest BCUT2D eigenvalue weighted by Gasteiger charge is 2.02. The van der Waals surface area contributed by atoms with Gasteiger partial charge in [-0.3, -0.25) is 4.79 Å². The van der Waals surface area contributed by atoms with Crippen LogP contribution in [0.25, 0.3) is 0 Å². The summed E-state index contributed by atoms with van der Waals surface area (Å²) in [4.78, 5) is 11.7. The number of thiol groups is 1. The maximum Gasteiger partial charge on any atom is 0.152 e. The Labute approximate surface area is 90.3 Å². The fourth-order valence-corrected chi connectivity index (χ4v) is 1.43. The summed E-state index contributed by atoms with van der Waals surface area (Å²) in [7, 11) is 0. The molecule has 0 spiro atoms. The minimum atomic E-state index is 0.0527. The van der Waals surface area contributed by atoms with Gasteiger partial charge >= 0.3 is 0 Å². The number of ketones is 1. The van der Waals surface area contributed by atoms with Crippen LogP contribution in [0.2, 0.25) is 0 Å². The summed E-state index contributed by atoms with van der Waals surface area (Å²) in [6.45, 7) is 3.63. The zero-order chi connectivity index (χ0) is 10.6. The molecule has 0 aromatic rings. The molecule has 1 rings (SSSR count). The molecule has 0 N–H and O–H groups in total. The molecule has 0 fully saturated rings. The Morgan fingerprint density at radius 2 is 2.29 bits per heavy atom. The molecule has 0 radical (unpaired) electrons. The lowest BCUT2D eigenvalue weighted by Crippen LogP contribution is -1.87. The summed E-state index contributed by atoms with van der Waals surface area (Å²) in [6, 6.07) is 0. The van der Waals surface area contributed by atoms with Crippen LogP contribution in [0.3, 0.4) is 0 Å². The van der Waals surface area contributed by atoms with Crippen LogP contribution in [0.5, 0.6) is 0 Å². The second-order valence-electron chi connectivity index (χ2n) is 3.36. The van der Waals surface area contributed by atoms with Gasteiger partial charge in [-0.05, 0) is 30.6 Å². The molecular formula is C12H14OS. The van der Waals surface area contributed by atoms with E-state index in [2.05, 4.69) is 31.7 Å². The van der Waals surface area contributed by atoms with E-state index in [0.717, 1.165) is 10.5 Å². The highest BCUT2D eigenvalue weighted by atomic mass is 32.1. The quantitative estimate of drug-likeness (QED) is 0.543. The lowest BCUT2D eigenvalue weighted by Gasteiger charge is -2.01. The molecule has 0 saturated heterocycles.